The van der Waals surface area contributed by atoms with Gasteiger partial charge in [-0.05, 0) is 12.1 Å². The number of nitrogens with one attached hydrogen (secondary N) is 1. The van der Waals surface area contributed by atoms with E-state index in [-0.39, 0.29) is 22.2 Å². The van der Waals surface area contributed by atoms with Gasteiger partial charge in [-0.15, -0.1) is 0 Å². The molecule has 0 amide bonds. The Morgan fingerprint density at radius 2 is 1.95 bits per heavy atom. The quantitative estimate of drug-likeness (QED) is 0.513. The molecule has 1 atom stereocenters. The molecule has 106 valence electrons. The second-order valence-corrected chi connectivity index (χ2v) is 4.25. The molecule has 0 saturated heterocycles. The summed E-state index contributed by atoms with van der Waals surface area (Å²) in [5.41, 5.74) is 2.55. The summed E-state index contributed by atoms with van der Waals surface area (Å²) in [7, 11) is 1.39. The Morgan fingerprint density at radius 1 is 1.25 bits per heavy atom. The van der Waals surface area contributed by atoms with Gasteiger partial charge in [0.15, 0.2) is 0 Å². The number of nitrogens with zero attached hydrogens (tertiary/aromatic N) is 2. The molecule has 0 aliphatic carbocycles. The average Bonchev–Trinajstić information content (AvgIpc) is 2.45. The highest BCUT2D eigenvalue weighted by Crippen LogP contribution is 2.30. The monoisotopic (exact) mass is 300 g/mol. The Kier molecular flexibility index (Phi) is 4.43. The number of hydrazine groups is 1. The largest absolute Gasteiger partial charge is 0.480 e. The highest BCUT2D eigenvalue weighted by Gasteiger charge is 2.24. The Hall–Kier alpha value is -1.83. The average molecular weight is 301 g/mol. The molecule has 2 rings (SSSR count). The number of benzene rings is 1. The maximum atomic E-state index is 14.0. The maximum absolute atomic E-state index is 14.0. The van der Waals surface area contributed by atoms with Crippen molar-refractivity contribution in [1.29, 1.82) is 0 Å². The molecule has 1 heterocycles. The van der Waals surface area contributed by atoms with E-state index in [0.717, 1.165) is 12.1 Å². The van der Waals surface area contributed by atoms with Gasteiger partial charge in [0.2, 0.25) is 5.88 Å². The molecule has 0 fully saturated rings. The lowest BCUT2D eigenvalue weighted by atomic mass is 10.0. The molecule has 1 aromatic heterocycles. The molecule has 2 aromatic rings. The molecule has 20 heavy (non-hydrogen) atoms. The van der Waals surface area contributed by atoms with Gasteiger partial charge in [-0.25, -0.2) is 19.2 Å². The molecule has 1 aromatic carbocycles. The van der Waals surface area contributed by atoms with Gasteiger partial charge in [0.05, 0.1) is 18.2 Å². The van der Waals surface area contributed by atoms with E-state index in [9.17, 15) is 8.78 Å². The molecule has 0 aliphatic heterocycles. The van der Waals surface area contributed by atoms with E-state index in [2.05, 4.69) is 15.4 Å². The van der Waals surface area contributed by atoms with Crippen molar-refractivity contribution in [3.8, 4) is 5.88 Å². The van der Waals surface area contributed by atoms with Crippen LogP contribution in [0.1, 0.15) is 17.3 Å². The normalized spacial score (nSPS) is 12.2. The van der Waals surface area contributed by atoms with Gasteiger partial charge in [-0.3, -0.25) is 10.8 Å². The molecular weight excluding hydrogens is 290 g/mol. The van der Waals surface area contributed by atoms with Crippen molar-refractivity contribution in [3.63, 3.8) is 0 Å². The van der Waals surface area contributed by atoms with Gasteiger partial charge in [0.25, 0.3) is 0 Å². The van der Waals surface area contributed by atoms with Crippen LogP contribution in [0.15, 0.2) is 24.5 Å². The standard InChI is InChI=1S/C12H11ClF2N4O/c1-20-12-11(17-2-3-18-12)10(19-16)6-4-9(15)7(13)5-8(6)14/h2-5,10,19H,16H2,1H3. The molecule has 1 unspecified atom stereocenters. The number of methoxy groups -OCH3 is 1. The lowest BCUT2D eigenvalue weighted by Crippen LogP contribution is -2.31. The minimum absolute atomic E-state index is 0.0480. The van der Waals surface area contributed by atoms with Gasteiger partial charge < -0.3 is 4.74 Å². The number of ether oxygens (including phenoxy) is 1. The lowest BCUT2D eigenvalue weighted by Gasteiger charge is -2.18. The van der Waals surface area contributed by atoms with Crippen LogP contribution in [0.25, 0.3) is 0 Å². The molecule has 0 spiro atoms. The number of aromatic nitrogens is 2. The smallest absolute Gasteiger partial charge is 0.237 e. The summed E-state index contributed by atoms with van der Waals surface area (Å²) in [5, 5.41) is -0.312. The van der Waals surface area contributed by atoms with Crippen LogP contribution in [-0.2, 0) is 0 Å². The molecule has 0 saturated carbocycles. The zero-order valence-electron chi connectivity index (χ0n) is 10.4. The lowest BCUT2D eigenvalue weighted by molar-refractivity contribution is 0.381. The third-order valence-electron chi connectivity index (χ3n) is 2.68. The van der Waals surface area contributed by atoms with Crippen molar-refractivity contribution in [3.05, 3.63) is 52.4 Å². The Labute approximate surface area is 118 Å². The van der Waals surface area contributed by atoms with Crippen molar-refractivity contribution < 1.29 is 13.5 Å². The summed E-state index contributed by atoms with van der Waals surface area (Å²) < 4.78 is 32.5. The van der Waals surface area contributed by atoms with Crippen LogP contribution in [0.4, 0.5) is 8.78 Å². The molecule has 0 bridgehead atoms. The highest BCUT2D eigenvalue weighted by atomic mass is 35.5. The van der Waals surface area contributed by atoms with Gasteiger partial charge in [-0.1, -0.05) is 11.6 Å². The SMILES string of the molecule is COc1nccnc1C(NN)c1cc(F)c(Cl)cc1F. The summed E-state index contributed by atoms with van der Waals surface area (Å²) in [6, 6.07) is 0.904. The summed E-state index contributed by atoms with van der Waals surface area (Å²) in [6.45, 7) is 0. The number of hydrogen-bond donors (Lipinski definition) is 2. The molecule has 5 nitrogen and oxygen atoms in total. The predicted octanol–water partition coefficient (Wildman–Crippen LogP) is 1.97. The fourth-order valence-corrected chi connectivity index (χ4v) is 1.92. The molecule has 0 radical (unpaired) electrons. The molecular formula is C12H11ClF2N4O. The van der Waals surface area contributed by atoms with Crippen molar-refractivity contribution >= 4 is 11.6 Å². The van der Waals surface area contributed by atoms with Crippen LogP contribution < -0.4 is 16.0 Å². The van der Waals surface area contributed by atoms with Gasteiger partial charge in [-0.2, -0.15) is 0 Å². The van der Waals surface area contributed by atoms with Crippen molar-refractivity contribution in [2.45, 2.75) is 6.04 Å². The third kappa shape index (κ3) is 2.69. The first kappa shape index (κ1) is 14.6. The third-order valence-corrected chi connectivity index (χ3v) is 2.96. The van der Waals surface area contributed by atoms with Crippen LogP contribution in [0.3, 0.4) is 0 Å². The van der Waals surface area contributed by atoms with Crippen LogP contribution in [0, 0.1) is 11.6 Å². The number of rotatable bonds is 4. The van der Waals surface area contributed by atoms with Crippen molar-refractivity contribution in [1.82, 2.24) is 15.4 Å². The second kappa shape index (κ2) is 6.08. The molecule has 3 N–H and O–H groups in total. The van der Waals surface area contributed by atoms with E-state index in [0.29, 0.717) is 0 Å². The van der Waals surface area contributed by atoms with Gasteiger partial charge >= 0.3 is 0 Å². The minimum atomic E-state index is -0.926. The van der Waals surface area contributed by atoms with Crippen LogP contribution in [0.5, 0.6) is 5.88 Å². The predicted molar refractivity (Wildman–Crippen MR) is 69.1 cm³/mol. The summed E-state index contributed by atoms with van der Waals surface area (Å²) in [6.07, 6.45) is 2.81. The van der Waals surface area contributed by atoms with Gasteiger partial charge in [0, 0.05) is 18.0 Å². The summed E-state index contributed by atoms with van der Waals surface area (Å²) in [4.78, 5) is 7.98. The fraction of sp³-hybridized carbons (Fsp3) is 0.167. The zero-order valence-corrected chi connectivity index (χ0v) is 11.2. The van der Waals surface area contributed by atoms with Gasteiger partial charge in [0.1, 0.15) is 17.3 Å². The fourth-order valence-electron chi connectivity index (χ4n) is 1.77. The zero-order chi connectivity index (χ0) is 14.7. The Balaban J connectivity index is 2.55. The van der Waals surface area contributed by atoms with Crippen LogP contribution in [-0.4, -0.2) is 17.1 Å². The van der Waals surface area contributed by atoms with Crippen molar-refractivity contribution in [2.75, 3.05) is 7.11 Å². The Bertz CT molecular complexity index is 626. The Morgan fingerprint density at radius 3 is 2.60 bits per heavy atom. The first-order chi connectivity index (χ1) is 9.58. The minimum Gasteiger partial charge on any atom is -0.480 e. The highest BCUT2D eigenvalue weighted by molar-refractivity contribution is 6.30. The van der Waals surface area contributed by atoms with E-state index in [1.807, 2.05) is 0 Å². The van der Waals surface area contributed by atoms with E-state index in [1.54, 1.807) is 0 Å². The first-order valence-electron chi connectivity index (χ1n) is 5.54. The van der Waals surface area contributed by atoms with Crippen LogP contribution >= 0.6 is 11.6 Å². The van der Waals surface area contributed by atoms with E-state index < -0.39 is 17.7 Å². The first-order valence-corrected chi connectivity index (χ1v) is 5.91. The number of halogens is 3. The topological polar surface area (TPSA) is 73.1 Å². The van der Waals surface area contributed by atoms with Crippen molar-refractivity contribution in [2.24, 2.45) is 5.84 Å². The number of hydrogen-bond acceptors (Lipinski definition) is 5. The van der Waals surface area contributed by atoms with E-state index >= 15 is 0 Å². The maximum Gasteiger partial charge on any atom is 0.237 e. The summed E-state index contributed by atoms with van der Waals surface area (Å²) >= 11 is 5.52. The molecule has 0 aliphatic rings. The molecule has 8 heteroatoms. The van der Waals surface area contributed by atoms with E-state index in [1.165, 1.54) is 19.5 Å². The number of nitrogens with two attached hydrogens (primary N) is 1. The second-order valence-electron chi connectivity index (χ2n) is 3.84. The van der Waals surface area contributed by atoms with Crippen LogP contribution in [0.2, 0.25) is 5.02 Å². The summed E-state index contributed by atoms with van der Waals surface area (Å²) in [5.74, 6) is 4.11. The van der Waals surface area contributed by atoms with E-state index in [4.69, 9.17) is 22.2 Å².